The fourth-order valence-electron chi connectivity index (χ4n) is 5.47. The molecule has 0 aromatic rings. The van der Waals surface area contributed by atoms with Gasteiger partial charge in [0.1, 0.15) is 0 Å². The highest BCUT2D eigenvalue weighted by Gasteiger charge is 2.19. The van der Waals surface area contributed by atoms with E-state index in [9.17, 15) is 9.59 Å². The van der Waals surface area contributed by atoms with Gasteiger partial charge in [-0.3, -0.25) is 9.59 Å². The average molecular weight is 584 g/mol. The van der Waals surface area contributed by atoms with Crippen LogP contribution in [0.5, 0.6) is 0 Å². The van der Waals surface area contributed by atoms with Crippen molar-refractivity contribution < 1.29 is 23.8 Å². The first kappa shape index (κ1) is 39.9. The molecule has 0 rings (SSSR count). The van der Waals surface area contributed by atoms with Crippen LogP contribution in [0.1, 0.15) is 162 Å². The second-order valence-electron chi connectivity index (χ2n) is 12.0. The third-order valence-corrected chi connectivity index (χ3v) is 8.14. The van der Waals surface area contributed by atoms with Crippen molar-refractivity contribution in [1.82, 2.24) is 4.90 Å². The van der Waals surface area contributed by atoms with Gasteiger partial charge in [-0.25, -0.2) is 0 Å². The Morgan fingerprint density at radius 3 is 1.59 bits per heavy atom. The van der Waals surface area contributed by atoms with Crippen LogP contribution in [-0.4, -0.2) is 63.9 Å². The second kappa shape index (κ2) is 33.4. The van der Waals surface area contributed by atoms with Crippen molar-refractivity contribution in [3.8, 4) is 0 Å². The molecule has 0 spiro atoms. The lowest BCUT2D eigenvalue weighted by molar-refractivity contribution is -0.149. The Balaban J connectivity index is 4.23. The lowest BCUT2D eigenvalue weighted by Crippen LogP contribution is -2.27. The Hall–Kier alpha value is -1.14. The number of esters is 1. The first-order valence-corrected chi connectivity index (χ1v) is 17.6. The van der Waals surface area contributed by atoms with Gasteiger partial charge >= 0.3 is 5.97 Å². The second-order valence-corrected chi connectivity index (χ2v) is 12.0. The van der Waals surface area contributed by atoms with Crippen LogP contribution >= 0.6 is 0 Å². The molecule has 0 bridgehead atoms. The molecule has 0 heterocycles. The molecule has 0 saturated carbocycles. The summed E-state index contributed by atoms with van der Waals surface area (Å²) in [5, 5.41) is 0. The van der Waals surface area contributed by atoms with Crippen molar-refractivity contribution in [1.29, 1.82) is 0 Å². The van der Waals surface area contributed by atoms with Crippen LogP contribution in [-0.2, 0) is 23.8 Å². The number of methoxy groups -OCH3 is 1. The van der Waals surface area contributed by atoms with Crippen LogP contribution in [0.3, 0.4) is 0 Å². The maximum absolute atomic E-state index is 12.9. The summed E-state index contributed by atoms with van der Waals surface area (Å²) in [6.07, 6.45) is 27.1. The maximum atomic E-state index is 12.9. The Morgan fingerprint density at radius 2 is 1.02 bits per heavy atom. The molecule has 0 saturated heterocycles. The monoisotopic (exact) mass is 584 g/mol. The van der Waals surface area contributed by atoms with Crippen LogP contribution in [0, 0.1) is 5.92 Å². The van der Waals surface area contributed by atoms with Crippen LogP contribution in [0.2, 0.25) is 0 Å². The molecule has 0 radical (unpaired) electrons. The quantitative estimate of drug-likeness (QED) is 0.0427. The molecular formula is C35H69NO5. The van der Waals surface area contributed by atoms with E-state index in [1.807, 2.05) is 0 Å². The molecule has 0 aromatic heterocycles. The van der Waals surface area contributed by atoms with E-state index in [2.05, 4.69) is 18.7 Å². The molecule has 1 atom stereocenters. The van der Waals surface area contributed by atoms with E-state index in [1.54, 1.807) is 7.11 Å². The number of nitrogens with zero attached hydrogens (tertiary/aromatic N) is 1. The third-order valence-electron chi connectivity index (χ3n) is 8.14. The Kier molecular flexibility index (Phi) is 32.4. The number of ether oxygens (including phenoxy) is 3. The van der Waals surface area contributed by atoms with E-state index < -0.39 is 0 Å². The Bertz CT molecular complexity index is 545. The predicted molar refractivity (Wildman–Crippen MR) is 172 cm³/mol. The molecule has 0 aliphatic rings. The summed E-state index contributed by atoms with van der Waals surface area (Å²) in [7, 11) is 1.77. The summed E-state index contributed by atoms with van der Waals surface area (Å²) < 4.78 is 15.8. The zero-order valence-corrected chi connectivity index (χ0v) is 27.6. The zero-order valence-electron chi connectivity index (χ0n) is 27.6. The van der Waals surface area contributed by atoms with Gasteiger partial charge < -0.3 is 19.1 Å². The first-order valence-electron chi connectivity index (χ1n) is 17.6. The van der Waals surface area contributed by atoms with Gasteiger partial charge in [-0.05, 0) is 77.4 Å². The minimum absolute atomic E-state index is 0.0604. The lowest BCUT2D eigenvalue weighted by atomic mass is 9.94. The normalized spacial score (nSPS) is 12.1. The number of hydrogen-bond acceptors (Lipinski definition) is 6. The van der Waals surface area contributed by atoms with Crippen LogP contribution in [0.4, 0.5) is 0 Å². The Labute approximate surface area is 255 Å². The molecule has 0 aliphatic heterocycles. The van der Waals surface area contributed by atoms with E-state index in [0.29, 0.717) is 19.7 Å². The van der Waals surface area contributed by atoms with E-state index >= 15 is 0 Å². The van der Waals surface area contributed by atoms with Crippen molar-refractivity contribution in [2.75, 3.05) is 46.6 Å². The minimum atomic E-state index is 0.0604. The van der Waals surface area contributed by atoms with Gasteiger partial charge in [0.15, 0.2) is 0 Å². The molecule has 0 aliphatic carbocycles. The van der Waals surface area contributed by atoms with Gasteiger partial charge in [0.05, 0.1) is 19.1 Å². The van der Waals surface area contributed by atoms with Gasteiger partial charge in [0.25, 0.3) is 6.47 Å². The van der Waals surface area contributed by atoms with Crippen LogP contribution < -0.4 is 0 Å². The van der Waals surface area contributed by atoms with E-state index in [-0.39, 0.29) is 11.9 Å². The number of unbranched alkanes of at least 4 members (excludes halogenated alkanes) is 16. The molecule has 41 heavy (non-hydrogen) atoms. The smallest absolute Gasteiger partial charge is 0.308 e. The highest BCUT2D eigenvalue weighted by Crippen LogP contribution is 2.21. The van der Waals surface area contributed by atoms with Gasteiger partial charge in [-0.15, -0.1) is 0 Å². The highest BCUT2D eigenvalue weighted by atomic mass is 16.5. The summed E-state index contributed by atoms with van der Waals surface area (Å²) in [6.45, 7) is 10.4. The average Bonchev–Trinajstić information content (AvgIpc) is 2.98. The molecule has 244 valence electrons. The minimum Gasteiger partial charge on any atom is -0.468 e. The standard InChI is InChI=1S/C35H69NO5/c1-4-6-8-10-11-18-26-34(25-17-9-7-5-2)35(38)41-32-24-15-13-20-28-36(27-19-12-14-22-30-39-3)29-21-16-23-31-40-33-37/h33-34H,4-32H2,1-3H3. The summed E-state index contributed by atoms with van der Waals surface area (Å²) in [6, 6.07) is 0. The number of carbonyl (C=O) groups excluding carboxylic acids is 2. The van der Waals surface area contributed by atoms with Crippen molar-refractivity contribution in [2.24, 2.45) is 5.92 Å². The summed E-state index contributed by atoms with van der Waals surface area (Å²) in [4.78, 5) is 25.8. The van der Waals surface area contributed by atoms with Crippen molar-refractivity contribution in [3.05, 3.63) is 0 Å². The number of carbonyl (C=O) groups is 2. The SMILES string of the molecule is CCCCCCCCC(CCCCCC)C(=O)OCCCCCCN(CCCCCCOC)CCCCCOC=O. The number of hydrogen-bond donors (Lipinski definition) is 0. The fraction of sp³-hybridized carbons (Fsp3) is 0.943. The molecule has 6 heteroatoms. The van der Waals surface area contributed by atoms with E-state index in [0.717, 1.165) is 90.4 Å². The van der Waals surface area contributed by atoms with Gasteiger partial charge in [-0.2, -0.15) is 0 Å². The third kappa shape index (κ3) is 28.7. The van der Waals surface area contributed by atoms with Crippen molar-refractivity contribution in [2.45, 2.75) is 162 Å². The fourth-order valence-corrected chi connectivity index (χ4v) is 5.47. The molecular weight excluding hydrogens is 514 g/mol. The largest absolute Gasteiger partial charge is 0.468 e. The molecule has 0 N–H and O–H groups in total. The molecule has 6 nitrogen and oxygen atoms in total. The van der Waals surface area contributed by atoms with Crippen molar-refractivity contribution >= 4 is 12.4 Å². The lowest BCUT2D eigenvalue weighted by Gasteiger charge is -2.22. The zero-order chi connectivity index (χ0) is 30.1. The Morgan fingerprint density at radius 1 is 0.585 bits per heavy atom. The summed E-state index contributed by atoms with van der Waals surface area (Å²) in [5.41, 5.74) is 0. The van der Waals surface area contributed by atoms with Gasteiger partial charge in [0, 0.05) is 13.7 Å². The first-order chi connectivity index (χ1) is 20.2. The summed E-state index contributed by atoms with van der Waals surface area (Å²) in [5.74, 6) is 0.163. The molecule has 0 aromatic carbocycles. The predicted octanol–water partition coefficient (Wildman–Crippen LogP) is 9.28. The molecule has 1 unspecified atom stereocenters. The number of rotatable bonds is 34. The topological polar surface area (TPSA) is 65.1 Å². The highest BCUT2D eigenvalue weighted by molar-refractivity contribution is 5.72. The summed E-state index contributed by atoms with van der Waals surface area (Å²) >= 11 is 0. The van der Waals surface area contributed by atoms with Gasteiger partial charge in [0.2, 0.25) is 0 Å². The van der Waals surface area contributed by atoms with Gasteiger partial charge in [-0.1, -0.05) is 104 Å². The molecule has 0 fully saturated rings. The van der Waals surface area contributed by atoms with Crippen LogP contribution in [0.25, 0.3) is 0 Å². The van der Waals surface area contributed by atoms with Crippen LogP contribution in [0.15, 0.2) is 0 Å². The molecule has 0 amide bonds. The maximum Gasteiger partial charge on any atom is 0.308 e. The van der Waals surface area contributed by atoms with E-state index in [1.165, 1.54) is 83.5 Å². The van der Waals surface area contributed by atoms with Crippen molar-refractivity contribution in [3.63, 3.8) is 0 Å². The van der Waals surface area contributed by atoms with E-state index in [4.69, 9.17) is 14.2 Å².